The Morgan fingerprint density at radius 3 is 2.33 bits per heavy atom. The molecule has 1 amide bonds. The van der Waals surface area contributed by atoms with Crippen LogP contribution in [0.15, 0.2) is 18.2 Å². The van der Waals surface area contributed by atoms with Crippen LogP contribution in [0.4, 0.5) is 0 Å². The number of hydrogen-bond acceptors (Lipinski definition) is 3. The van der Waals surface area contributed by atoms with Crippen LogP contribution in [0, 0.1) is 0 Å². The summed E-state index contributed by atoms with van der Waals surface area (Å²) in [6.07, 6.45) is -0.867. The molecular weight excluding hydrogens is 298 g/mol. The second-order valence-corrected chi connectivity index (χ2v) is 4.63. The van der Waals surface area contributed by atoms with Gasteiger partial charge in [0.15, 0.2) is 0 Å². The summed E-state index contributed by atoms with van der Waals surface area (Å²) in [5.41, 5.74) is 5.92. The van der Waals surface area contributed by atoms with Gasteiger partial charge in [0.25, 0.3) is 0 Å². The van der Waals surface area contributed by atoms with E-state index in [0.29, 0.717) is 15.6 Å². The van der Waals surface area contributed by atoms with Crippen molar-refractivity contribution in [2.24, 2.45) is 5.73 Å². The van der Waals surface area contributed by atoms with Crippen LogP contribution in [0.2, 0.25) is 10.0 Å². The van der Waals surface area contributed by atoms with Crippen molar-refractivity contribution < 1.29 is 9.90 Å². The number of amides is 1. The van der Waals surface area contributed by atoms with Crippen molar-refractivity contribution in [1.82, 2.24) is 5.32 Å². The van der Waals surface area contributed by atoms with Crippen molar-refractivity contribution in [3.8, 4) is 0 Å². The van der Waals surface area contributed by atoms with Crippen molar-refractivity contribution in [2.75, 3.05) is 6.54 Å². The van der Waals surface area contributed by atoms with Gasteiger partial charge in [0.2, 0.25) is 5.91 Å². The highest BCUT2D eigenvalue weighted by molar-refractivity contribution is 6.34. The van der Waals surface area contributed by atoms with Gasteiger partial charge in [-0.3, -0.25) is 4.79 Å². The third-order valence-electron chi connectivity index (χ3n) is 2.15. The van der Waals surface area contributed by atoms with Gasteiger partial charge in [-0.1, -0.05) is 23.2 Å². The molecule has 0 aromatic heterocycles. The lowest BCUT2D eigenvalue weighted by Gasteiger charge is -2.14. The Morgan fingerprint density at radius 2 is 1.89 bits per heavy atom. The van der Waals surface area contributed by atoms with Crippen LogP contribution in [0.5, 0.6) is 0 Å². The molecule has 0 saturated heterocycles. The Hall–Kier alpha value is -0.520. The normalized spacial score (nSPS) is 13.4. The molecular formula is C11H15Cl3N2O2. The minimum Gasteiger partial charge on any atom is -0.387 e. The van der Waals surface area contributed by atoms with Crippen LogP contribution in [0.3, 0.4) is 0 Å². The molecule has 1 unspecified atom stereocenters. The molecule has 1 aromatic carbocycles. The van der Waals surface area contributed by atoms with Gasteiger partial charge in [-0.15, -0.1) is 12.4 Å². The molecule has 4 nitrogen and oxygen atoms in total. The average Bonchev–Trinajstić information content (AvgIpc) is 2.23. The number of carbonyl (C=O) groups is 1. The molecule has 0 saturated carbocycles. The zero-order valence-corrected chi connectivity index (χ0v) is 12.0. The predicted octanol–water partition coefficient (Wildman–Crippen LogP) is 1.91. The van der Waals surface area contributed by atoms with E-state index in [-0.39, 0.29) is 24.9 Å². The molecule has 0 bridgehead atoms. The van der Waals surface area contributed by atoms with Gasteiger partial charge in [0.1, 0.15) is 0 Å². The van der Waals surface area contributed by atoms with Crippen LogP contribution in [-0.2, 0) is 4.79 Å². The van der Waals surface area contributed by atoms with E-state index >= 15 is 0 Å². The molecule has 102 valence electrons. The van der Waals surface area contributed by atoms with E-state index in [1.807, 2.05) is 0 Å². The second-order valence-electron chi connectivity index (χ2n) is 3.75. The molecule has 0 aliphatic heterocycles. The molecule has 1 rings (SSSR count). The van der Waals surface area contributed by atoms with Crippen molar-refractivity contribution in [3.05, 3.63) is 33.8 Å². The van der Waals surface area contributed by atoms with Gasteiger partial charge in [0, 0.05) is 16.6 Å². The van der Waals surface area contributed by atoms with E-state index in [9.17, 15) is 9.90 Å². The summed E-state index contributed by atoms with van der Waals surface area (Å²) >= 11 is 11.6. The highest BCUT2D eigenvalue weighted by atomic mass is 35.5. The molecule has 4 N–H and O–H groups in total. The summed E-state index contributed by atoms with van der Waals surface area (Å²) in [7, 11) is 0. The van der Waals surface area contributed by atoms with Crippen LogP contribution in [0.1, 0.15) is 18.6 Å². The van der Waals surface area contributed by atoms with Crippen LogP contribution >= 0.6 is 35.6 Å². The standard InChI is InChI=1S/C11H14Cl2N2O2.ClH/c1-6(14)11(17)15-5-10(16)7-2-8(12)4-9(13)3-7;/h2-4,6,10,16H,5,14H2,1H3,(H,15,17);1H/t6-,10?;/m0./s1. The summed E-state index contributed by atoms with van der Waals surface area (Å²) in [6, 6.07) is 4.15. The molecule has 0 spiro atoms. The molecule has 0 aliphatic carbocycles. The zero-order chi connectivity index (χ0) is 13.0. The number of rotatable bonds is 4. The first-order valence-corrected chi connectivity index (χ1v) is 5.83. The highest BCUT2D eigenvalue weighted by Crippen LogP contribution is 2.23. The lowest BCUT2D eigenvalue weighted by Crippen LogP contribution is -2.40. The number of carbonyl (C=O) groups excluding carboxylic acids is 1. The molecule has 2 atom stereocenters. The molecule has 0 radical (unpaired) electrons. The van der Waals surface area contributed by atoms with Crippen molar-refractivity contribution in [2.45, 2.75) is 19.1 Å². The number of aliphatic hydroxyl groups excluding tert-OH is 1. The quantitative estimate of drug-likeness (QED) is 0.795. The van der Waals surface area contributed by atoms with Crippen molar-refractivity contribution in [1.29, 1.82) is 0 Å². The summed E-state index contributed by atoms with van der Waals surface area (Å²) in [6.45, 7) is 1.63. The first-order valence-electron chi connectivity index (χ1n) is 5.07. The summed E-state index contributed by atoms with van der Waals surface area (Å²) < 4.78 is 0. The Bertz CT molecular complexity index is 393. The largest absolute Gasteiger partial charge is 0.387 e. The van der Waals surface area contributed by atoms with Crippen LogP contribution < -0.4 is 11.1 Å². The number of nitrogens with two attached hydrogens (primary N) is 1. The number of halogens is 3. The fourth-order valence-electron chi connectivity index (χ4n) is 1.24. The summed E-state index contributed by atoms with van der Waals surface area (Å²) in [5, 5.41) is 13.2. The van der Waals surface area contributed by atoms with E-state index in [1.165, 1.54) is 0 Å². The third-order valence-corrected chi connectivity index (χ3v) is 2.59. The summed E-state index contributed by atoms with van der Waals surface area (Å²) in [5.74, 6) is -0.322. The fraction of sp³-hybridized carbons (Fsp3) is 0.364. The fourth-order valence-corrected chi connectivity index (χ4v) is 1.79. The molecule has 0 aliphatic rings. The van der Waals surface area contributed by atoms with E-state index in [0.717, 1.165) is 0 Å². The summed E-state index contributed by atoms with van der Waals surface area (Å²) in [4.78, 5) is 11.2. The van der Waals surface area contributed by atoms with Gasteiger partial charge in [0.05, 0.1) is 12.1 Å². The predicted molar refractivity (Wildman–Crippen MR) is 75.3 cm³/mol. The molecule has 0 fully saturated rings. The van der Waals surface area contributed by atoms with E-state index in [4.69, 9.17) is 28.9 Å². The van der Waals surface area contributed by atoms with E-state index < -0.39 is 12.1 Å². The molecule has 1 aromatic rings. The SMILES string of the molecule is C[C@H](N)C(=O)NCC(O)c1cc(Cl)cc(Cl)c1.Cl. The van der Waals surface area contributed by atoms with Crippen molar-refractivity contribution in [3.63, 3.8) is 0 Å². The topological polar surface area (TPSA) is 75.4 Å². The number of hydrogen-bond donors (Lipinski definition) is 3. The van der Waals surface area contributed by atoms with Gasteiger partial charge in [-0.05, 0) is 30.7 Å². The Balaban J connectivity index is 0.00000289. The minimum atomic E-state index is -0.867. The average molecular weight is 314 g/mol. The maximum absolute atomic E-state index is 11.2. The first kappa shape index (κ1) is 17.5. The van der Waals surface area contributed by atoms with Crippen LogP contribution in [0.25, 0.3) is 0 Å². The maximum Gasteiger partial charge on any atom is 0.236 e. The lowest BCUT2D eigenvalue weighted by molar-refractivity contribution is -0.122. The van der Waals surface area contributed by atoms with Gasteiger partial charge in [-0.25, -0.2) is 0 Å². The van der Waals surface area contributed by atoms with Crippen molar-refractivity contribution >= 4 is 41.5 Å². The minimum absolute atomic E-state index is 0. The van der Waals surface area contributed by atoms with Gasteiger partial charge >= 0.3 is 0 Å². The number of aliphatic hydroxyl groups is 1. The first-order chi connectivity index (χ1) is 7.90. The Morgan fingerprint density at radius 1 is 1.39 bits per heavy atom. The van der Waals surface area contributed by atoms with E-state index in [2.05, 4.69) is 5.32 Å². The van der Waals surface area contributed by atoms with Gasteiger partial charge in [-0.2, -0.15) is 0 Å². The smallest absolute Gasteiger partial charge is 0.236 e. The zero-order valence-electron chi connectivity index (χ0n) is 9.69. The number of nitrogens with one attached hydrogen (secondary N) is 1. The lowest BCUT2D eigenvalue weighted by atomic mass is 10.1. The third kappa shape index (κ3) is 5.42. The Kier molecular flexibility index (Phi) is 7.59. The van der Waals surface area contributed by atoms with Gasteiger partial charge < -0.3 is 16.2 Å². The Labute approximate surface area is 122 Å². The second kappa shape index (κ2) is 7.81. The number of benzene rings is 1. The maximum atomic E-state index is 11.2. The molecule has 0 heterocycles. The highest BCUT2D eigenvalue weighted by Gasteiger charge is 2.12. The molecule has 7 heteroatoms. The van der Waals surface area contributed by atoms with Crippen LogP contribution in [-0.4, -0.2) is 23.6 Å². The monoisotopic (exact) mass is 312 g/mol. The van der Waals surface area contributed by atoms with E-state index in [1.54, 1.807) is 25.1 Å². The molecule has 18 heavy (non-hydrogen) atoms.